The van der Waals surface area contributed by atoms with Crippen LogP contribution in [0.25, 0.3) is 0 Å². The largest absolute Gasteiger partial charge is 0.368 e. The van der Waals surface area contributed by atoms with Crippen LogP contribution in [0.3, 0.4) is 0 Å². The first-order valence-corrected chi connectivity index (χ1v) is 7.52. The molecule has 1 aromatic heterocycles. The molecule has 0 atom stereocenters. The molecule has 5 heteroatoms. The molecule has 2 N–H and O–H groups in total. The van der Waals surface area contributed by atoms with E-state index in [1.54, 1.807) is 11.8 Å². The summed E-state index contributed by atoms with van der Waals surface area (Å²) in [5.74, 6) is 1.46. The van der Waals surface area contributed by atoms with Crippen molar-refractivity contribution in [2.75, 3.05) is 5.73 Å². The third kappa shape index (κ3) is 2.76. The predicted molar refractivity (Wildman–Crippen MR) is 78.2 cm³/mol. The van der Waals surface area contributed by atoms with E-state index in [4.69, 9.17) is 5.73 Å². The van der Waals surface area contributed by atoms with Crippen molar-refractivity contribution in [3.8, 4) is 0 Å². The van der Waals surface area contributed by atoms with Gasteiger partial charge in [0.1, 0.15) is 0 Å². The number of aryl methyl sites for hydroxylation is 2. The lowest BCUT2D eigenvalue weighted by Gasteiger charge is -2.07. The first kappa shape index (κ1) is 12.5. The van der Waals surface area contributed by atoms with Gasteiger partial charge in [0.15, 0.2) is 5.16 Å². The number of nitrogens with two attached hydrogens (primary N) is 1. The molecule has 1 saturated carbocycles. The third-order valence-corrected chi connectivity index (χ3v) is 4.27. The lowest BCUT2D eigenvalue weighted by Crippen LogP contribution is -2.02. The monoisotopic (exact) mass is 274 g/mol. The number of nitrogen functional groups attached to an aromatic ring is 1. The number of benzene rings is 1. The quantitative estimate of drug-likeness (QED) is 0.870. The van der Waals surface area contributed by atoms with E-state index in [1.807, 2.05) is 0 Å². The van der Waals surface area contributed by atoms with Gasteiger partial charge in [-0.05, 0) is 32.3 Å². The summed E-state index contributed by atoms with van der Waals surface area (Å²) in [5.41, 5.74) is 9.81. The van der Waals surface area contributed by atoms with Crippen LogP contribution >= 0.6 is 11.8 Å². The SMILES string of the molecule is Cc1cc(C)cc(CSc2nnc(N)n2C2CC2)c1. The van der Waals surface area contributed by atoms with Crippen molar-refractivity contribution < 1.29 is 0 Å². The molecule has 1 aliphatic carbocycles. The number of hydrogen-bond acceptors (Lipinski definition) is 4. The van der Waals surface area contributed by atoms with Crippen molar-refractivity contribution in [1.29, 1.82) is 0 Å². The number of aromatic nitrogens is 3. The second kappa shape index (κ2) is 4.89. The molecule has 2 aromatic rings. The second-order valence-corrected chi connectivity index (χ2v) is 6.17. The molecule has 1 heterocycles. The summed E-state index contributed by atoms with van der Waals surface area (Å²) in [6.45, 7) is 4.26. The zero-order valence-electron chi connectivity index (χ0n) is 11.3. The first-order valence-electron chi connectivity index (χ1n) is 6.54. The van der Waals surface area contributed by atoms with Crippen LogP contribution in [0.1, 0.15) is 35.6 Å². The Morgan fingerprint density at radius 1 is 1.21 bits per heavy atom. The smallest absolute Gasteiger partial charge is 0.222 e. The van der Waals surface area contributed by atoms with Crippen LogP contribution in [-0.4, -0.2) is 14.8 Å². The van der Waals surface area contributed by atoms with E-state index in [-0.39, 0.29) is 0 Å². The summed E-state index contributed by atoms with van der Waals surface area (Å²) in [6.07, 6.45) is 2.39. The molecular weight excluding hydrogens is 256 g/mol. The maximum atomic E-state index is 5.88. The van der Waals surface area contributed by atoms with Crippen LogP contribution in [0.2, 0.25) is 0 Å². The molecule has 100 valence electrons. The van der Waals surface area contributed by atoms with Crippen molar-refractivity contribution in [2.45, 2.75) is 43.6 Å². The van der Waals surface area contributed by atoms with E-state index >= 15 is 0 Å². The maximum absolute atomic E-state index is 5.88. The van der Waals surface area contributed by atoms with Gasteiger partial charge in [-0.25, -0.2) is 0 Å². The van der Waals surface area contributed by atoms with Gasteiger partial charge in [0.2, 0.25) is 5.95 Å². The van der Waals surface area contributed by atoms with Gasteiger partial charge in [-0.1, -0.05) is 41.1 Å². The summed E-state index contributed by atoms with van der Waals surface area (Å²) < 4.78 is 2.08. The highest BCUT2D eigenvalue weighted by Crippen LogP contribution is 2.39. The number of rotatable bonds is 4. The topological polar surface area (TPSA) is 56.7 Å². The number of anilines is 1. The number of thioether (sulfide) groups is 1. The molecule has 0 aliphatic heterocycles. The fraction of sp³-hybridized carbons (Fsp3) is 0.429. The predicted octanol–water partition coefficient (Wildman–Crippen LogP) is 3.10. The molecule has 4 nitrogen and oxygen atoms in total. The molecule has 19 heavy (non-hydrogen) atoms. The van der Waals surface area contributed by atoms with E-state index in [0.717, 1.165) is 10.9 Å². The minimum absolute atomic E-state index is 0.525. The highest BCUT2D eigenvalue weighted by Gasteiger charge is 2.28. The molecule has 1 aromatic carbocycles. The highest BCUT2D eigenvalue weighted by molar-refractivity contribution is 7.98. The summed E-state index contributed by atoms with van der Waals surface area (Å²) in [5, 5.41) is 9.13. The Kier molecular flexibility index (Phi) is 3.22. The van der Waals surface area contributed by atoms with Gasteiger partial charge in [-0.2, -0.15) is 0 Å². The molecule has 0 radical (unpaired) electrons. The van der Waals surface area contributed by atoms with E-state index < -0.39 is 0 Å². The molecule has 0 unspecified atom stereocenters. The van der Waals surface area contributed by atoms with Crippen LogP contribution in [0.4, 0.5) is 5.95 Å². The minimum atomic E-state index is 0.525. The van der Waals surface area contributed by atoms with Gasteiger partial charge in [-0.15, -0.1) is 10.2 Å². The van der Waals surface area contributed by atoms with Gasteiger partial charge in [0, 0.05) is 11.8 Å². The van der Waals surface area contributed by atoms with Gasteiger partial charge in [0.05, 0.1) is 0 Å². The molecule has 1 aliphatic rings. The molecule has 1 fully saturated rings. The maximum Gasteiger partial charge on any atom is 0.222 e. The third-order valence-electron chi connectivity index (χ3n) is 3.25. The Hall–Kier alpha value is -1.49. The second-order valence-electron chi connectivity index (χ2n) is 5.23. The fourth-order valence-corrected chi connectivity index (χ4v) is 3.31. The molecule has 0 spiro atoms. The standard InChI is InChI=1S/C14H18N4S/c1-9-5-10(2)7-11(6-9)8-19-14-17-16-13(15)18(14)12-3-4-12/h5-7,12H,3-4,8H2,1-2H3,(H2,15,16). The Morgan fingerprint density at radius 2 is 1.89 bits per heavy atom. The minimum Gasteiger partial charge on any atom is -0.368 e. The van der Waals surface area contributed by atoms with Crippen LogP contribution in [0.5, 0.6) is 0 Å². The van der Waals surface area contributed by atoms with Crippen LogP contribution < -0.4 is 5.73 Å². The normalized spacial score (nSPS) is 14.8. The Bertz CT molecular complexity index is 581. The molecule has 0 amide bonds. The van der Waals surface area contributed by atoms with Crippen LogP contribution in [0, 0.1) is 13.8 Å². The Balaban J connectivity index is 1.75. The average Bonchev–Trinajstić information content (AvgIpc) is 3.10. The van der Waals surface area contributed by atoms with Crippen molar-refractivity contribution in [1.82, 2.24) is 14.8 Å². The van der Waals surface area contributed by atoms with Gasteiger partial charge in [-0.3, -0.25) is 4.57 Å². The van der Waals surface area contributed by atoms with E-state index in [0.29, 0.717) is 12.0 Å². The van der Waals surface area contributed by atoms with Crippen molar-refractivity contribution in [3.05, 3.63) is 34.9 Å². The first-order chi connectivity index (χ1) is 9.13. The van der Waals surface area contributed by atoms with Gasteiger partial charge in [0.25, 0.3) is 0 Å². The summed E-state index contributed by atoms with van der Waals surface area (Å²) in [7, 11) is 0. The van der Waals surface area contributed by atoms with E-state index in [2.05, 4.69) is 46.8 Å². The Labute approximate surface area is 117 Å². The van der Waals surface area contributed by atoms with Crippen molar-refractivity contribution in [2.24, 2.45) is 0 Å². The zero-order chi connectivity index (χ0) is 13.4. The lowest BCUT2D eigenvalue weighted by molar-refractivity contribution is 0.671. The molecule has 3 rings (SSSR count). The van der Waals surface area contributed by atoms with Gasteiger partial charge >= 0.3 is 0 Å². The number of hydrogen-bond donors (Lipinski definition) is 1. The fourth-order valence-electron chi connectivity index (χ4n) is 2.36. The lowest BCUT2D eigenvalue weighted by atomic mass is 10.1. The summed E-state index contributed by atoms with van der Waals surface area (Å²) in [4.78, 5) is 0. The summed E-state index contributed by atoms with van der Waals surface area (Å²) in [6, 6.07) is 7.16. The number of nitrogens with zero attached hydrogens (tertiary/aromatic N) is 3. The zero-order valence-corrected chi connectivity index (χ0v) is 12.1. The van der Waals surface area contributed by atoms with E-state index in [9.17, 15) is 0 Å². The average molecular weight is 274 g/mol. The Morgan fingerprint density at radius 3 is 2.53 bits per heavy atom. The summed E-state index contributed by atoms with van der Waals surface area (Å²) >= 11 is 1.72. The molecule has 0 bridgehead atoms. The van der Waals surface area contributed by atoms with Crippen LogP contribution in [-0.2, 0) is 5.75 Å². The van der Waals surface area contributed by atoms with Gasteiger partial charge < -0.3 is 5.73 Å². The van der Waals surface area contributed by atoms with E-state index in [1.165, 1.54) is 29.5 Å². The van der Waals surface area contributed by atoms with Crippen molar-refractivity contribution >= 4 is 17.7 Å². The highest BCUT2D eigenvalue weighted by atomic mass is 32.2. The van der Waals surface area contributed by atoms with Crippen molar-refractivity contribution in [3.63, 3.8) is 0 Å². The molecular formula is C14H18N4S. The molecule has 0 saturated heterocycles. The van der Waals surface area contributed by atoms with Crippen LogP contribution in [0.15, 0.2) is 23.4 Å².